The highest BCUT2D eigenvalue weighted by atomic mass is 16.5. The van der Waals surface area contributed by atoms with Crippen LogP contribution in [0.15, 0.2) is 18.2 Å². The maximum Gasteiger partial charge on any atom is 0.339 e. The predicted octanol–water partition coefficient (Wildman–Crippen LogP) is 1.13. The number of ether oxygens (including phenoxy) is 1. The number of fused-ring (bicyclic) bond motifs is 1. The van der Waals surface area contributed by atoms with E-state index < -0.39 is 5.97 Å². The zero-order chi connectivity index (χ0) is 11.7. The first-order valence-corrected chi connectivity index (χ1v) is 4.88. The second-order valence-corrected chi connectivity index (χ2v) is 3.48. The van der Waals surface area contributed by atoms with Gasteiger partial charge in [-0.25, -0.2) is 4.79 Å². The molecule has 0 bridgehead atoms. The summed E-state index contributed by atoms with van der Waals surface area (Å²) in [6, 6.07) is 4.75. The van der Waals surface area contributed by atoms with Gasteiger partial charge in [-0.05, 0) is 12.1 Å². The lowest BCUT2D eigenvalue weighted by atomic mass is 10.1. The normalized spacial score (nSPS) is 13.9. The SMILES string of the molecule is CC(=O)N1CCOc2c(C(=O)O)cccc21. The summed E-state index contributed by atoms with van der Waals surface area (Å²) < 4.78 is 5.32. The van der Waals surface area contributed by atoms with Gasteiger partial charge < -0.3 is 14.7 Å². The van der Waals surface area contributed by atoms with Crippen molar-refractivity contribution in [2.45, 2.75) is 6.92 Å². The van der Waals surface area contributed by atoms with Gasteiger partial charge >= 0.3 is 5.97 Å². The van der Waals surface area contributed by atoms with Gasteiger partial charge in [-0.15, -0.1) is 0 Å². The molecule has 0 spiro atoms. The van der Waals surface area contributed by atoms with E-state index in [0.29, 0.717) is 18.8 Å². The van der Waals surface area contributed by atoms with Gasteiger partial charge in [0.25, 0.3) is 0 Å². The van der Waals surface area contributed by atoms with Gasteiger partial charge in [0.2, 0.25) is 5.91 Å². The molecule has 1 amide bonds. The minimum absolute atomic E-state index is 0.0865. The van der Waals surface area contributed by atoms with Crippen LogP contribution in [0.5, 0.6) is 5.75 Å². The molecule has 0 aliphatic carbocycles. The van der Waals surface area contributed by atoms with E-state index in [1.54, 1.807) is 12.1 Å². The summed E-state index contributed by atoms with van der Waals surface area (Å²) in [4.78, 5) is 23.9. The molecule has 0 atom stereocenters. The Morgan fingerprint density at radius 2 is 2.19 bits per heavy atom. The van der Waals surface area contributed by atoms with Gasteiger partial charge in [-0.1, -0.05) is 6.07 Å². The average molecular weight is 221 g/mol. The smallest absolute Gasteiger partial charge is 0.339 e. The van der Waals surface area contributed by atoms with E-state index in [1.165, 1.54) is 17.9 Å². The molecule has 16 heavy (non-hydrogen) atoms. The Labute approximate surface area is 92.2 Å². The summed E-state index contributed by atoms with van der Waals surface area (Å²) in [6.45, 7) is 2.21. The molecule has 1 aromatic carbocycles. The van der Waals surface area contributed by atoms with Crippen LogP contribution >= 0.6 is 0 Å². The number of nitrogens with zero attached hydrogens (tertiary/aromatic N) is 1. The molecule has 0 fully saturated rings. The fourth-order valence-electron chi connectivity index (χ4n) is 1.74. The number of para-hydroxylation sites is 1. The van der Waals surface area contributed by atoms with Crippen LogP contribution in [0.4, 0.5) is 5.69 Å². The predicted molar refractivity (Wildman–Crippen MR) is 56.9 cm³/mol. The molecular weight excluding hydrogens is 210 g/mol. The molecule has 2 rings (SSSR count). The first-order chi connectivity index (χ1) is 7.61. The van der Waals surface area contributed by atoms with Gasteiger partial charge in [0.05, 0.1) is 12.2 Å². The van der Waals surface area contributed by atoms with E-state index in [9.17, 15) is 9.59 Å². The zero-order valence-corrected chi connectivity index (χ0v) is 8.77. The third kappa shape index (κ3) is 1.60. The fraction of sp³-hybridized carbons (Fsp3) is 0.273. The van der Waals surface area contributed by atoms with Gasteiger partial charge in [-0.2, -0.15) is 0 Å². The molecule has 0 saturated carbocycles. The van der Waals surface area contributed by atoms with Crippen LogP contribution in [0.2, 0.25) is 0 Å². The zero-order valence-electron chi connectivity index (χ0n) is 8.77. The number of aromatic carboxylic acids is 1. The topological polar surface area (TPSA) is 66.8 Å². The Balaban J connectivity index is 2.54. The maximum absolute atomic E-state index is 11.4. The number of rotatable bonds is 1. The van der Waals surface area contributed by atoms with Gasteiger partial charge in [0.1, 0.15) is 12.2 Å². The van der Waals surface area contributed by atoms with E-state index in [1.807, 2.05) is 0 Å². The summed E-state index contributed by atoms with van der Waals surface area (Å²) in [5.41, 5.74) is 0.613. The van der Waals surface area contributed by atoms with Crippen LogP contribution in [0.25, 0.3) is 0 Å². The molecule has 1 heterocycles. The van der Waals surface area contributed by atoms with Crippen LogP contribution in [-0.4, -0.2) is 30.1 Å². The number of carboxylic acid groups (broad SMARTS) is 1. The summed E-state index contributed by atoms with van der Waals surface area (Å²) in [5, 5.41) is 8.98. The molecule has 0 saturated heterocycles. The molecule has 1 aromatic rings. The largest absolute Gasteiger partial charge is 0.489 e. The highest BCUT2D eigenvalue weighted by Crippen LogP contribution is 2.34. The van der Waals surface area contributed by atoms with E-state index >= 15 is 0 Å². The van der Waals surface area contributed by atoms with Gasteiger partial charge in [0, 0.05) is 6.92 Å². The summed E-state index contributed by atoms with van der Waals surface area (Å²) in [5.74, 6) is -0.897. The molecule has 0 aromatic heterocycles. The third-order valence-corrected chi connectivity index (χ3v) is 2.46. The summed E-state index contributed by atoms with van der Waals surface area (Å²) in [6.07, 6.45) is 0. The van der Waals surface area contributed by atoms with E-state index in [2.05, 4.69) is 0 Å². The summed E-state index contributed by atoms with van der Waals surface area (Å²) >= 11 is 0. The van der Waals surface area contributed by atoms with Crippen LogP contribution in [-0.2, 0) is 4.79 Å². The molecule has 5 nitrogen and oxygen atoms in total. The summed E-state index contributed by atoms with van der Waals surface area (Å²) in [7, 11) is 0. The number of carbonyl (C=O) groups excluding carboxylic acids is 1. The molecule has 5 heteroatoms. The lowest BCUT2D eigenvalue weighted by Crippen LogP contribution is -2.36. The Morgan fingerprint density at radius 3 is 2.81 bits per heavy atom. The Bertz CT molecular complexity index is 455. The lowest BCUT2D eigenvalue weighted by Gasteiger charge is -2.29. The molecule has 0 radical (unpaired) electrons. The first-order valence-electron chi connectivity index (χ1n) is 4.88. The van der Waals surface area contributed by atoms with E-state index in [-0.39, 0.29) is 17.2 Å². The van der Waals surface area contributed by atoms with Crippen LogP contribution in [0, 0.1) is 0 Å². The highest BCUT2D eigenvalue weighted by Gasteiger charge is 2.25. The van der Waals surface area contributed by atoms with Gasteiger partial charge in [-0.3, -0.25) is 4.79 Å². The van der Waals surface area contributed by atoms with Crippen molar-refractivity contribution in [3.05, 3.63) is 23.8 Å². The maximum atomic E-state index is 11.4. The van der Waals surface area contributed by atoms with Crippen LogP contribution in [0.3, 0.4) is 0 Å². The number of amides is 1. The number of hydrogen-bond donors (Lipinski definition) is 1. The second kappa shape index (κ2) is 3.84. The van der Waals surface area contributed by atoms with Crippen molar-refractivity contribution in [1.82, 2.24) is 0 Å². The number of carbonyl (C=O) groups is 2. The Hall–Kier alpha value is -2.04. The number of anilines is 1. The average Bonchev–Trinajstić information content (AvgIpc) is 2.27. The minimum Gasteiger partial charge on any atom is -0.489 e. The quantitative estimate of drug-likeness (QED) is 0.771. The minimum atomic E-state index is -1.05. The monoisotopic (exact) mass is 221 g/mol. The Kier molecular flexibility index (Phi) is 2.52. The number of hydrogen-bond acceptors (Lipinski definition) is 3. The molecule has 1 N–H and O–H groups in total. The number of carboxylic acids is 1. The van der Waals surface area contributed by atoms with Crippen molar-refractivity contribution in [3.8, 4) is 5.75 Å². The van der Waals surface area contributed by atoms with Gasteiger partial charge in [0.15, 0.2) is 5.75 Å². The molecule has 1 aliphatic heterocycles. The second-order valence-electron chi connectivity index (χ2n) is 3.48. The van der Waals surface area contributed by atoms with Crippen molar-refractivity contribution in [1.29, 1.82) is 0 Å². The Morgan fingerprint density at radius 1 is 1.44 bits per heavy atom. The fourth-order valence-corrected chi connectivity index (χ4v) is 1.74. The molecular formula is C11H11NO4. The highest BCUT2D eigenvalue weighted by molar-refractivity contribution is 5.99. The van der Waals surface area contributed by atoms with Crippen LogP contribution < -0.4 is 9.64 Å². The molecule has 1 aliphatic rings. The van der Waals surface area contributed by atoms with Crippen molar-refractivity contribution < 1.29 is 19.4 Å². The van der Waals surface area contributed by atoms with Crippen LogP contribution in [0.1, 0.15) is 17.3 Å². The lowest BCUT2D eigenvalue weighted by molar-refractivity contribution is -0.116. The third-order valence-electron chi connectivity index (χ3n) is 2.46. The van der Waals surface area contributed by atoms with Crippen molar-refractivity contribution in [2.75, 3.05) is 18.1 Å². The van der Waals surface area contributed by atoms with E-state index in [4.69, 9.17) is 9.84 Å². The van der Waals surface area contributed by atoms with Crippen molar-refractivity contribution >= 4 is 17.6 Å². The number of benzene rings is 1. The standard InChI is InChI=1S/C11H11NO4/c1-7(13)12-5-6-16-10-8(11(14)15)3-2-4-9(10)12/h2-4H,5-6H2,1H3,(H,14,15). The molecule has 84 valence electrons. The van der Waals surface area contributed by atoms with E-state index in [0.717, 1.165) is 0 Å². The van der Waals surface area contributed by atoms with Crippen molar-refractivity contribution in [3.63, 3.8) is 0 Å². The van der Waals surface area contributed by atoms with Crippen molar-refractivity contribution in [2.24, 2.45) is 0 Å². The first kappa shape index (κ1) is 10.5. The molecule has 0 unspecified atom stereocenters.